The highest BCUT2D eigenvalue weighted by Crippen LogP contribution is 2.30. The van der Waals surface area contributed by atoms with Crippen molar-refractivity contribution in [1.29, 1.82) is 0 Å². The number of likely N-dealkylation sites (tertiary alicyclic amines) is 1. The summed E-state index contributed by atoms with van der Waals surface area (Å²) in [6.07, 6.45) is 1.76. The quantitative estimate of drug-likeness (QED) is 0.386. The molecule has 1 unspecified atom stereocenters. The van der Waals surface area contributed by atoms with Crippen LogP contribution in [-0.2, 0) is 4.79 Å². The Hall–Kier alpha value is -3.20. The van der Waals surface area contributed by atoms with E-state index in [-0.39, 0.29) is 29.8 Å². The zero-order valence-corrected chi connectivity index (χ0v) is 22.7. The van der Waals surface area contributed by atoms with Crippen LogP contribution in [0.4, 0.5) is 5.69 Å². The summed E-state index contributed by atoms with van der Waals surface area (Å²) in [5.41, 5.74) is 8.26. The van der Waals surface area contributed by atoms with Crippen LogP contribution in [0.3, 0.4) is 0 Å². The Kier molecular flexibility index (Phi) is 8.02. The summed E-state index contributed by atoms with van der Waals surface area (Å²) < 4.78 is 0.500. The second-order valence-corrected chi connectivity index (χ2v) is 11.5. The number of nitrogens with one attached hydrogen (secondary N) is 2. The fourth-order valence-electron chi connectivity index (χ4n) is 4.58. The maximum atomic E-state index is 13.5. The van der Waals surface area contributed by atoms with Crippen molar-refractivity contribution in [3.05, 3.63) is 86.6 Å². The van der Waals surface area contributed by atoms with E-state index in [4.69, 9.17) is 17.3 Å². The van der Waals surface area contributed by atoms with Gasteiger partial charge in [-0.3, -0.25) is 14.4 Å². The van der Waals surface area contributed by atoms with Gasteiger partial charge < -0.3 is 21.3 Å². The van der Waals surface area contributed by atoms with Crippen molar-refractivity contribution in [1.82, 2.24) is 10.2 Å². The number of anilines is 1. The Morgan fingerprint density at radius 3 is 2.49 bits per heavy atom. The number of rotatable bonds is 7. The molecule has 2 aromatic carbocycles. The minimum absolute atomic E-state index is 0.0635. The second-order valence-electron chi connectivity index (χ2n) is 9.81. The Bertz CT molecular complexity index is 1310. The highest BCUT2D eigenvalue weighted by Gasteiger charge is 2.35. The van der Waals surface area contributed by atoms with E-state index in [2.05, 4.69) is 10.6 Å². The van der Waals surface area contributed by atoms with Gasteiger partial charge in [0, 0.05) is 17.8 Å². The minimum Gasteiger partial charge on any atom is -0.337 e. The van der Waals surface area contributed by atoms with E-state index in [1.807, 2.05) is 42.2 Å². The molecule has 0 saturated carbocycles. The zero-order valence-electron chi connectivity index (χ0n) is 21.1. The molecule has 3 amide bonds. The summed E-state index contributed by atoms with van der Waals surface area (Å²) in [6.45, 7) is 5.76. The zero-order chi connectivity index (χ0) is 26.7. The number of halogens is 1. The number of hydrogen-bond acceptors (Lipinski definition) is 5. The first kappa shape index (κ1) is 26.9. The van der Waals surface area contributed by atoms with E-state index >= 15 is 0 Å². The van der Waals surface area contributed by atoms with E-state index in [0.717, 1.165) is 35.3 Å². The first-order chi connectivity index (χ1) is 17.6. The van der Waals surface area contributed by atoms with Gasteiger partial charge >= 0.3 is 0 Å². The minimum atomic E-state index is -1.17. The first-order valence-electron chi connectivity index (χ1n) is 12.2. The molecule has 37 heavy (non-hydrogen) atoms. The van der Waals surface area contributed by atoms with E-state index in [1.165, 1.54) is 0 Å². The maximum absolute atomic E-state index is 13.5. The highest BCUT2D eigenvalue weighted by atomic mass is 35.5. The number of carbonyl (C=O) groups excluding carboxylic acids is 3. The molecule has 0 bridgehead atoms. The Balaban J connectivity index is 1.43. The van der Waals surface area contributed by atoms with Crippen molar-refractivity contribution in [3.8, 4) is 0 Å². The van der Waals surface area contributed by atoms with Crippen LogP contribution >= 0.6 is 22.9 Å². The predicted molar refractivity (Wildman–Crippen MR) is 148 cm³/mol. The molecule has 1 aromatic heterocycles. The van der Waals surface area contributed by atoms with Crippen LogP contribution in [0.2, 0.25) is 4.34 Å². The third-order valence-corrected chi connectivity index (χ3v) is 7.89. The Morgan fingerprint density at radius 2 is 1.84 bits per heavy atom. The molecule has 3 aromatic rings. The monoisotopic (exact) mass is 538 g/mol. The van der Waals surface area contributed by atoms with Gasteiger partial charge in [0.05, 0.1) is 21.3 Å². The summed E-state index contributed by atoms with van der Waals surface area (Å²) in [7, 11) is 0. The van der Waals surface area contributed by atoms with Crippen LogP contribution in [-0.4, -0.2) is 40.7 Å². The molecule has 2 atom stereocenters. The lowest BCUT2D eigenvalue weighted by Gasteiger charge is -2.30. The highest BCUT2D eigenvalue weighted by molar-refractivity contribution is 7.18. The molecule has 194 valence electrons. The van der Waals surface area contributed by atoms with Crippen molar-refractivity contribution in [2.24, 2.45) is 5.73 Å². The van der Waals surface area contributed by atoms with Crippen LogP contribution in [0.1, 0.15) is 63.9 Å². The molecule has 4 N–H and O–H groups in total. The van der Waals surface area contributed by atoms with E-state index < -0.39 is 5.54 Å². The Labute approximate surface area is 226 Å². The largest absolute Gasteiger partial charge is 0.337 e. The van der Waals surface area contributed by atoms with Crippen molar-refractivity contribution in [2.75, 3.05) is 11.9 Å². The van der Waals surface area contributed by atoms with E-state index in [9.17, 15) is 14.4 Å². The second kappa shape index (κ2) is 11.0. The standard InChI is InChI=1S/C28H31ClN4O3S/c1-17-16-19(31-27(36)28(2,3)32-25(34)22-13-14-23(29)37-22)11-12-20(17)26(35)33-15-7-10-21(33)24(30)18-8-5-4-6-9-18/h4-6,8-9,11-14,16,21,24H,7,10,15,30H2,1-3H3,(H,31,36)(H,32,34)/t21-,24?/m0/s1. The van der Waals surface area contributed by atoms with Crippen LogP contribution in [0.5, 0.6) is 0 Å². The molecule has 7 nitrogen and oxygen atoms in total. The molecular formula is C28H31ClN4O3S. The van der Waals surface area contributed by atoms with Gasteiger partial charge in [-0.2, -0.15) is 0 Å². The molecule has 2 heterocycles. The molecule has 1 fully saturated rings. The smallest absolute Gasteiger partial charge is 0.262 e. The van der Waals surface area contributed by atoms with Gasteiger partial charge in [0.25, 0.3) is 11.8 Å². The summed E-state index contributed by atoms with van der Waals surface area (Å²) >= 11 is 7.06. The molecule has 1 saturated heterocycles. The molecule has 0 radical (unpaired) electrons. The van der Waals surface area contributed by atoms with Crippen LogP contribution in [0.15, 0.2) is 60.7 Å². The maximum Gasteiger partial charge on any atom is 0.262 e. The average Bonchev–Trinajstić information content (AvgIpc) is 3.53. The average molecular weight is 539 g/mol. The number of benzene rings is 2. The van der Waals surface area contributed by atoms with Gasteiger partial charge in [0.1, 0.15) is 5.54 Å². The molecule has 1 aliphatic rings. The molecular weight excluding hydrogens is 508 g/mol. The lowest BCUT2D eigenvalue weighted by Crippen LogP contribution is -2.52. The van der Waals surface area contributed by atoms with Crippen molar-refractivity contribution in [3.63, 3.8) is 0 Å². The summed E-state index contributed by atoms with van der Waals surface area (Å²) in [6, 6.07) is 18.0. The lowest BCUT2D eigenvalue weighted by atomic mass is 9.97. The number of aryl methyl sites for hydroxylation is 1. The predicted octanol–water partition coefficient (Wildman–Crippen LogP) is 5.16. The molecule has 9 heteroatoms. The van der Waals surface area contributed by atoms with E-state index in [1.54, 1.807) is 44.2 Å². The van der Waals surface area contributed by atoms with Gasteiger partial charge in [0.2, 0.25) is 5.91 Å². The summed E-state index contributed by atoms with van der Waals surface area (Å²) in [5.74, 6) is -0.815. The van der Waals surface area contributed by atoms with Crippen LogP contribution < -0.4 is 16.4 Å². The number of carbonyl (C=O) groups is 3. The van der Waals surface area contributed by atoms with Gasteiger partial charge in [-0.25, -0.2) is 0 Å². The van der Waals surface area contributed by atoms with Gasteiger partial charge in [-0.05, 0) is 75.1 Å². The van der Waals surface area contributed by atoms with E-state index in [0.29, 0.717) is 27.0 Å². The number of hydrogen-bond donors (Lipinski definition) is 3. The third kappa shape index (κ3) is 6.04. The van der Waals surface area contributed by atoms with Gasteiger partial charge in [0.15, 0.2) is 0 Å². The van der Waals surface area contributed by atoms with Crippen molar-refractivity contribution < 1.29 is 14.4 Å². The first-order valence-corrected chi connectivity index (χ1v) is 13.4. The summed E-state index contributed by atoms with van der Waals surface area (Å²) in [4.78, 5) is 41.3. The van der Waals surface area contributed by atoms with Crippen LogP contribution in [0, 0.1) is 6.92 Å². The van der Waals surface area contributed by atoms with Crippen molar-refractivity contribution >= 4 is 46.3 Å². The normalized spacial score (nSPS) is 16.4. The van der Waals surface area contributed by atoms with Crippen molar-refractivity contribution in [2.45, 2.75) is 51.2 Å². The molecule has 1 aliphatic heterocycles. The fraction of sp³-hybridized carbons (Fsp3) is 0.321. The molecule has 0 aliphatic carbocycles. The number of nitrogens with zero attached hydrogens (tertiary/aromatic N) is 1. The fourth-order valence-corrected chi connectivity index (χ4v) is 5.52. The topological polar surface area (TPSA) is 105 Å². The van der Waals surface area contributed by atoms with Gasteiger partial charge in [-0.1, -0.05) is 41.9 Å². The molecule has 4 rings (SSSR count). The third-order valence-electron chi connectivity index (χ3n) is 6.66. The van der Waals surface area contributed by atoms with Crippen LogP contribution in [0.25, 0.3) is 0 Å². The molecule has 0 spiro atoms. The summed E-state index contributed by atoms with van der Waals surface area (Å²) in [5, 5.41) is 5.59. The number of thiophene rings is 1. The number of nitrogens with two attached hydrogens (primary N) is 1. The number of amides is 3. The van der Waals surface area contributed by atoms with Gasteiger partial charge in [-0.15, -0.1) is 11.3 Å². The lowest BCUT2D eigenvalue weighted by molar-refractivity contribution is -0.120. The SMILES string of the molecule is Cc1cc(NC(=O)C(C)(C)NC(=O)c2ccc(Cl)s2)ccc1C(=O)N1CCC[C@H]1C(N)c1ccccc1. The Morgan fingerprint density at radius 1 is 1.11 bits per heavy atom.